The van der Waals surface area contributed by atoms with E-state index < -0.39 is 0 Å². The molecule has 0 atom stereocenters. The fourth-order valence-electron chi connectivity index (χ4n) is 4.05. The fourth-order valence-corrected chi connectivity index (χ4v) is 4.05. The lowest BCUT2D eigenvalue weighted by Crippen LogP contribution is -2.40. The van der Waals surface area contributed by atoms with E-state index in [-0.39, 0.29) is 5.91 Å². The summed E-state index contributed by atoms with van der Waals surface area (Å²) in [6.07, 6.45) is 2.24. The van der Waals surface area contributed by atoms with Crippen LogP contribution in [0.1, 0.15) is 21.7 Å². The first kappa shape index (κ1) is 19.6. The average Bonchev–Trinajstić information content (AvgIpc) is 2.82. The van der Waals surface area contributed by atoms with Crippen LogP contribution in [0.15, 0.2) is 30.5 Å². The van der Waals surface area contributed by atoms with Gasteiger partial charge in [-0.25, -0.2) is 9.97 Å². The Kier molecular flexibility index (Phi) is 5.11. The number of hydrogen-bond donors (Lipinski definition) is 0. The van der Waals surface area contributed by atoms with Gasteiger partial charge in [-0.05, 0) is 12.1 Å². The first-order valence-corrected chi connectivity index (χ1v) is 10.5. The van der Waals surface area contributed by atoms with Crippen molar-refractivity contribution >= 4 is 28.7 Å². The molecule has 160 valence electrons. The van der Waals surface area contributed by atoms with Gasteiger partial charge in [0.05, 0.1) is 42.7 Å². The molecule has 2 aliphatic rings. The number of nitrogens with zero attached hydrogens (tertiary/aromatic N) is 7. The highest BCUT2D eigenvalue weighted by molar-refractivity contribution is 5.94. The molecule has 1 aromatic carbocycles. The maximum Gasteiger partial charge on any atom is 0.274 e. The van der Waals surface area contributed by atoms with Crippen molar-refractivity contribution in [3.8, 4) is 0 Å². The Morgan fingerprint density at radius 1 is 1.03 bits per heavy atom. The van der Waals surface area contributed by atoms with E-state index in [0.29, 0.717) is 38.4 Å². The molecule has 1 saturated heterocycles. The number of benzene rings is 1. The van der Waals surface area contributed by atoms with Crippen LogP contribution in [-0.2, 0) is 17.7 Å². The summed E-state index contributed by atoms with van der Waals surface area (Å²) in [4.78, 5) is 37.8. The highest BCUT2D eigenvalue weighted by Crippen LogP contribution is 2.29. The molecule has 0 spiro atoms. The van der Waals surface area contributed by atoms with Crippen molar-refractivity contribution < 1.29 is 9.53 Å². The fraction of sp³-hybridized carbons (Fsp3) is 0.409. The molecule has 9 heteroatoms. The van der Waals surface area contributed by atoms with Crippen LogP contribution in [0.5, 0.6) is 0 Å². The Bertz CT molecular complexity index is 1130. The molecule has 1 amide bonds. The van der Waals surface area contributed by atoms with Gasteiger partial charge in [0.1, 0.15) is 11.5 Å². The maximum atomic E-state index is 13.2. The van der Waals surface area contributed by atoms with Crippen LogP contribution in [0.3, 0.4) is 0 Å². The lowest BCUT2D eigenvalue weighted by atomic mass is 10.1. The molecule has 9 nitrogen and oxygen atoms in total. The number of para-hydroxylation sites is 2. The summed E-state index contributed by atoms with van der Waals surface area (Å²) in [5.41, 5.74) is 3.86. The molecule has 31 heavy (non-hydrogen) atoms. The minimum Gasteiger partial charge on any atom is -0.378 e. The van der Waals surface area contributed by atoms with Crippen molar-refractivity contribution in [3.63, 3.8) is 0 Å². The number of anilines is 2. The smallest absolute Gasteiger partial charge is 0.274 e. The van der Waals surface area contributed by atoms with E-state index >= 15 is 0 Å². The summed E-state index contributed by atoms with van der Waals surface area (Å²) in [5.74, 6) is 1.48. The van der Waals surface area contributed by atoms with Crippen LogP contribution in [0.4, 0.5) is 11.8 Å². The van der Waals surface area contributed by atoms with Gasteiger partial charge in [-0.1, -0.05) is 12.1 Å². The summed E-state index contributed by atoms with van der Waals surface area (Å²) in [5, 5.41) is 0. The molecule has 0 aliphatic carbocycles. The lowest BCUT2D eigenvalue weighted by molar-refractivity contribution is 0.0727. The summed E-state index contributed by atoms with van der Waals surface area (Å²) in [7, 11) is 3.95. The number of hydrogen-bond acceptors (Lipinski definition) is 8. The van der Waals surface area contributed by atoms with Crippen molar-refractivity contribution in [1.82, 2.24) is 24.8 Å². The molecule has 2 aromatic heterocycles. The molecule has 0 unspecified atom stereocenters. The highest BCUT2D eigenvalue weighted by atomic mass is 16.5. The zero-order chi connectivity index (χ0) is 21.4. The van der Waals surface area contributed by atoms with Crippen LogP contribution in [0, 0.1) is 0 Å². The van der Waals surface area contributed by atoms with Crippen molar-refractivity contribution in [2.45, 2.75) is 13.0 Å². The van der Waals surface area contributed by atoms with E-state index in [1.54, 1.807) is 6.20 Å². The second kappa shape index (κ2) is 8.07. The van der Waals surface area contributed by atoms with E-state index in [0.717, 1.165) is 47.1 Å². The molecule has 2 aliphatic heterocycles. The number of ether oxygens (including phenoxy) is 1. The lowest BCUT2D eigenvalue weighted by Gasteiger charge is -2.33. The van der Waals surface area contributed by atoms with E-state index in [1.807, 2.05) is 48.2 Å². The molecule has 0 bridgehead atoms. The number of carbonyl (C=O) groups is 1. The normalized spacial score (nSPS) is 16.3. The van der Waals surface area contributed by atoms with Crippen LogP contribution in [-0.4, -0.2) is 77.7 Å². The van der Waals surface area contributed by atoms with Crippen LogP contribution in [0.2, 0.25) is 0 Å². The minimum absolute atomic E-state index is 0.120. The zero-order valence-corrected chi connectivity index (χ0v) is 17.8. The Hall–Kier alpha value is -3.33. The summed E-state index contributed by atoms with van der Waals surface area (Å²) >= 11 is 0. The van der Waals surface area contributed by atoms with Gasteiger partial charge in [-0.15, -0.1) is 0 Å². The second-order valence-electron chi connectivity index (χ2n) is 7.99. The number of rotatable bonds is 3. The van der Waals surface area contributed by atoms with E-state index in [4.69, 9.17) is 14.7 Å². The molecule has 1 fully saturated rings. The maximum absolute atomic E-state index is 13.2. The van der Waals surface area contributed by atoms with Gasteiger partial charge in [0.25, 0.3) is 5.91 Å². The third kappa shape index (κ3) is 3.76. The van der Waals surface area contributed by atoms with Crippen LogP contribution in [0.25, 0.3) is 11.0 Å². The third-order valence-electron chi connectivity index (χ3n) is 5.70. The van der Waals surface area contributed by atoms with Gasteiger partial charge in [0.2, 0.25) is 5.95 Å². The predicted octanol–water partition coefficient (Wildman–Crippen LogP) is 1.52. The molecule has 0 N–H and O–H groups in total. The number of fused-ring (bicyclic) bond motifs is 2. The van der Waals surface area contributed by atoms with Gasteiger partial charge in [0.15, 0.2) is 0 Å². The van der Waals surface area contributed by atoms with Crippen LogP contribution < -0.4 is 9.80 Å². The van der Waals surface area contributed by atoms with E-state index in [9.17, 15) is 4.79 Å². The average molecular weight is 419 g/mol. The van der Waals surface area contributed by atoms with E-state index in [2.05, 4.69) is 14.9 Å². The van der Waals surface area contributed by atoms with Gasteiger partial charge in [-0.2, -0.15) is 4.98 Å². The number of morpholine rings is 1. The largest absolute Gasteiger partial charge is 0.378 e. The third-order valence-corrected chi connectivity index (χ3v) is 5.70. The molecular weight excluding hydrogens is 394 g/mol. The zero-order valence-electron chi connectivity index (χ0n) is 17.8. The summed E-state index contributed by atoms with van der Waals surface area (Å²) in [6, 6.07) is 7.57. The number of carbonyl (C=O) groups excluding carboxylic acids is 1. The van der Waals surface area contributed by atoms with Gasteiger partial charge in [0, 0.05) is 45.7 Å². The Balaban J connectivity index is 1.44. The van der Waals surface area contributed by atoms with Crippen molar-refractivity contribution in [3.05, 3.63) is 47.4 Å². The topological polar surface area (TPSA) is 87.6 Å². The minimum atomic E-state index is -0.120. The highest BCUT2D eigenvalue weighted by Gasteiger charge is 2.29. The molecule has 0 saturated carbocycles. The number of aromatic nitrogens is 4. The SMILES string of the molecule is CN(C)c1nc(N2CCOCC2)nc2c1CN(C(=O)c1cnc3ccccc3n1)CC2. The van der Waals surface area contributed by atoms with Crippen molar-refractivity contribution in [2.75, 3.05) is 56.7 Å². The van der Waals surface area contributed by atoms with Crippen LogP contribution >= 0.6 is 0 Å². The Labute approximate surface area is 180 Å². The molecule has 3 aromatic rings. The summed E-state index contributed by atoms with van der Waals surface area (Å²) in [6.45, 7) is 4.00. The van der Waals surface area contributed by atoms with Gasteiger partial charge in [-0.3, -0.25) is 9.78 Å². The Morgan fingerprint density at radius 3 is 2.58 bits per heavy atom. The Morgan fingerprint density at radius 2 is 1.81 bits per heavy atom. The van der Waals surface area contributed by atoms with Gasteiger partial charge < -0.3 is 19.4 Å². The molecule has 0 radical (unpaired) electrons. The first-order valence-electron chi connectivity index (χ1n) is 10.5. The standard InChI is InChI=1S/C22H25N7O2/c1-27(2)20-15-14-29(21(30)19-13-23-17-5-3-4-6-18(17)24-19)8-7-16(15)25-22(26-20)28-9-11-31-12-10-28/h3-6,13H,7-12,14H2,1-2H3. The molecular formula is C22H25N7O2. The van der Waals surface area contributed by atoms with Crippen molar-refractivity contribution in [1.29, 1.82) is 0 Å². The number of amides is 1. The second-order valence-corrected chi connectivity index (χ2v) is 7.99. The van der Waals surface area contributed by atoms with Crippen molar-refractivity contribution in [2.24, 2.45) is 0 Å². The first-order chi connectivity index (χ1) is 15.1. The van der Waals surface area contributed by atoms with E-state index in [1.165, 1.54) is 0 Å². The summed E-state index contributed by atoms with van der Waals surface area (Å²) < 4.78 is 5.46. The predicted molar refractivity (Wildman–Crippen MR) is 117 cm³/mol. The monoisotopic (exact) mass is 419 g/mol. The quantitative estimate of drug-likeness (QED) is 0.632. The molecule has 5 rings (SSSR count). The van der Waals surface area contributed by atoms with Gasteiger partial charge >= 0.3 is 0 Å². The molecule has 4 heterocycles.